The number of hydrogen-bond acceptors (Lipinski definition) is 3. The van der Waals surface area contributed by atoms with Crippen LogP contribution in [0.2, 0.25) is 0 Å². The van der Waals surface area contributed by atoms with Crippen LogP contribution in [-0.2, 0) is 6.54 Å². The van der Waals surface area contributed by atoms with Gasteiger partial charge in [0.05, 0.1) is 11.4 Å². The third-order valence-electron chi connectivity index (χ3n) is 4.18. The van der Waals surface area contributed by atoms with E-state index in [0.29, 0.717) is 29.5 Å². The smallest absolute Gasteiger partial charge is 0.254 e. The van der Waals surface area contributed by atoms with E-state index in [4.69, 9.17) is 0 Å². The van der Waals surface area contributed by atoms with E-state index >= 15 is 0 Å². The van der Waals surface area contributed by atoms with Gasteiger partial charge in [0.1, 0.15) is 11.5 Å². The van der Waals surface area contributed by atoms with Gasteiger partial charge in [-0.2, -0.15) is 5.10 Å². The molecule has 2 N–H and O–H groups in total. The van der Waals surface area contributed by atoms with Gasteiger partial charge in [-0.25, -0.2) is 9.07 Å². The molecule has 6 heteroatoms. The van der Waals surface area contributed by atoms with Crippen LogP contribution in [-0.4, -0.2) is 20.8 Å². The highest BCUT2D eigenvalue weighted by Crippen LogP contribution is 2.21. The van der Waals surface area contributed by atoms with E-state index in [1.54, 1.807) is 16.8 Å². The first-order valence-electron chi connectivity index (χ1n) is 7.72. The fraction of sp³-hybridized carbons (Fsp3) is 0.294. The molecule has 0 bridgehead atoms. The number of benzene rings is 1. The molecule has 5 nitrogen and oxygen atoms in total. The van der Waals surface area contributed by atoms with E-state index in [0.717, 1.165) is 11.1 Å². The molecule has 118 valence electrons. The first kappa shape index (κ1) is 14.1. The predicted molar refractivity (Wildman–Crippen MR) is 86.2 cm³/mol. The molecule has 0 unspecified atom stereocenters. The number of aromatic nitrogens is 3. The van der Waals surface area contributed by atoms with Crippen molar-refractivity contribution < 1.29 is 4.39 Å². The fourth-order valence-electron chi connectivity index (χ4n) is 2.70. The molecular formula is C17H17FN4O. The van der Waals surface area contributed by atoms with Gasteiger partial charge in [-0.05, 0) is 50.1 Å². The summed E-state index contributed by atoms with van der Waals surface area (Å²) in [6.07, 6.45) is 2.36. The van der Waals surface area contributed by atoms with Crippen LogP contribution in [0.4, 0.5) is 4.39 Å². The summed E-state index contributed by atoms with van der Waals surface area (Å²) < 4.78 is 14.7. The zero-order chi connectivity index (χ0) is 16.0. The van der Waals surface area contributed by atoms with E-state index in [9.17, 15) is 9.18 Å². The van der Waals surface area contributed by atoms with Gasteiger partial charge in [-0.1, -0.05) is 0 Å². The Morgan fingerprint density at radius 3 is 2.78 bits per heavy atom. The Kier molecular flexibility index (Phi) is 3.27. The van der Waals surface area contributed by atoms with Gasteiger partial charge in [0.15, 0.2) is 0 Å². The number of pyridine rings is 1. The van der Waals surface area contributed by atoms with E-state index in [1.807, 2.05) is 13.0 Å². The molecule has 2 aromatic heterocycles. The number of halogens is 1. The number of aromatic amines is 1. The average molecular weight is 312 g/mol. The van der Waals surface area contributed by atoms with Crippen LogP contribution >= 0.6 is 0 Å². The first-order chi connectivity index (χ1) is 11.1. The van der Waals surface area contributed by atoms with Gasteiger partial charge in [-0.3, -0.25) is 4.79 Å². The Bertz CT molecular complexity index is 922. The minimum Gasteiger partial charge on any atom is -0.310 e. The molecule has 3 aromatic rings. The SMILES string of the molecule is Cc1nn(-c2ccc(F)cc2)c2[nH]c(=O)c(CNC3CC3)cc12. The average Bonchev–Trinajstić information content (AvgIpc) is 3.31. The van der Waals surface area contributed by atoms with Crippen molar-refractivity contribution in [3.8, 4) is 5.69 Å². The molecule has 0 aliphatic heterocycles. The number of aryl methyl sites for hydroxylation is 1. The van der Waals surface area contributed by atoms with Gasteiger partial charge in [-0.15, -0.1) is 0 Å². The Morgan fingerprint density at radius 2 is 2.09 bits per heavy atom. The first-order valence-corrected chi connectivity index (χ1v) is 7.72. The van der Waals surface area contributed by atoms with E-state index in [1.165, 1.54) is 25.0 Å². The van der Waals surface area contributed by atoms with Crippen LogP contribution < -0.4 is 10.9 Å². The Hall–Kier alpha value is -2.47. The van der Waals surface area contributed by atoms with Crippen molar-refractivity contribution in [2.75, 3.05) is 0 Å². The largest absolute Gasteiger partial charge is 0.310 e. The maximum absolute atomic E-state index is 13.1. The van der Waals surface area contributed by atoms with E-state index in [2.05, 4.69) is 15.4 Å². The van der Waals surface area contributed by atoms with Crippen molar-refractivity contribution in [1.29, 1.82) is 0 Å². The quantitative estimate of drug-likeness (QED) is 0.777. The number of rotatable bonds is 4. The molecule has 2 heterocycles. The predicted octanol–water partition coefficient (Wildman–Crippen LogP) is 2.41. The van der Waals surface area contributed by atoms with Crippen molar-refractivity contribution in [2.45, 2.75) is 32.4 Å². The van der Waals surface area contributed by atoms with Crippen molar-refractivity contribution in [3.05, 3.63) is 57.8 Å². The molecule has 0 spiro atoms. The van der Waals surface area contributed by atoms with E-state index in [-0.39, 0.29) is 11.4 Å². The number of nitrogens with one attached hydrogen (secondary N) is 2. The number of nitrogens with zero attached hydrogens (tertiary/aromatic N) is 2. The van der Waals surface area contributed by atoms with Gasteiger partial charge in [0, 0.05) is 23.5 Å². The lowest BCUT2D eigenvalue weighted by Crippen LogP contribution is -2.22. The molecule has 1 aliphatic carbocycles. The molecule has 4 rings (SSSR count). The molecule has 1 saturated carbocycles. The third kappa shape index (κ3) is 2.66. The van der Waals surface area contributed by atoms with Crippen LogP contribution in [0.15, 0.2) is 35.1 Å². The van der Waals surface area contributed by atoms with E-state index < -0.39 is 0 Å². The van der Waals surface area contributed by atoms with Crippen LogP contribution in [0.1, 0.15) is 24.1 Å². The van der Waals surface area contributed by atoms with Crippen LogP contribution in [0.5, 0.6) is 0 Å². The lowest BCUT2D eigenvalue weighted by molar-refractivity contribution is 0.627. The number of hydrogen-bond donors (Lipinski definition) is 2. The molecule has 1 fully saturated rings. The summed E-state index contributed by atoms with van der Waals surface area (Å²) in [5, 5.41) is 8.74. The second-order valence-corrected chi connectivity index (χ2v) is 6.01. The standard InChI is InChI=1S/C17H17FN4O/c1-10-15-8-11(9-19-13-4-5-13)17(23)20-16(15)22(21-10)14-6-2-12(18)3-7-14/h2-3,6-8,13,19H,4-5,9H2,1H3,(H,20,23). The second kappa shape index (κ2) is 5.31. The highest BCUT2D eigenvalue weighted by molar-refractivity contribution is 5.80. The highest BCUT2D eigenvalue weighted by Gasteiger charge is 2.21. The molecule has 0 amide bonds. The van der Waals surface area contributed by atoms with Crippen molar-refractivity contribution in [1.82, 2.24) is 20.1 Å². The van der Waals surface area contributed by atoms with Gasteiger partial charge in [0.2, 0.25) is 0 Å². The van der Waals surface area contributed by atoms with Gasteiger partial charge >= 0.3 is 0 Å². The fourth-order valence-corrected chi connectivity index (χ4v) is 2.70. The third-order valence-corrected chi connectivity index (χ3v) is 4.18. The van der Waals surface area contributed by atoms with Crippen LogP contribution in [0, 0.1) is 12.7 Å². The van der Waals surface area contributed by atoms with Crippen LogP contribution in [0.25, 0.3) is 16.7 Å². The topological polar surface area (TPSA) is 62.7 Å². The maximum atomic E-state index is 13.1. The lowest BCUT2D eigenvalue weighted by atomic mass is 10.2. The Morgan fingerprint density at radius 1 is 1.35 bits per heavy atom. The van der Waals surface area contributed by atoms with Gasteiger partial charge in [0.25, 0.3) is 5.56 Å². The summed E-state index contributed by atoms with van der Waals surface area (Å²) in [6, 6.07) is 8.48. The molecule has 1 aromatic carbocycles. The molecular weight excluding hydrogens is 295 g/mol. The van der Waals surface area contributed by atoms with Crippen molar-refractivity contribution in [2.24, 2.45) is 0 Å². The zero-order valence-electron chi connectivity index (χ0n) is 12.8. The lowest BCUT2D eigenvalue weighted by Gasteiger charge is -2.05. The zero-order valence-corrected chi connectivity index (χ0v) is 12.8. The summed E-state index contributed by atoms with van der Waals surface area (Å²) in [5.41, 5.74) is 2.77. The maximum Gasteiger partial charge on any atom is 0.254 e. The second-order valence-electron chi connectivity index (χ2n) is 6.01. The minimum atomic E-state index is -0.302. The molecule has 23 heavy (non-hydrogen) atoms. The minimum absolute atomic E-state index is 0.117. The van der Waals surface area contributed by atoms with Gasteiger partial charge < -0.3 is 10.3 Å². The molecule has 0 radical (unpaired) electrons. The molecule has 0 atom stereocenters. The Balaban J connectivity index is 1.79. The summed E-state index contributed by atoms with van der Waals surface area (Å²) in [6.45, 7) is 2.47. The normalized spacial score (nSPS) is 14.5. The van der Waals surface area contributed by atoms with Crippen molar-refractivity contribution in [3.63, 3.8) is 0 Å². The number of H-pyrrole nitrogens is 1. The monoisotopic (exact) mass is 312 g/mol. The summed E-state index contributed by atoms with van der Waals surface area (Å²) in [7, 11) is 0. The van der Waals surface area contributed by atoms with Crippen LogP contribution in [0.3, 0.4) is 0 Å². The Labute approximate surface area is 132 Å². The molecule has 0 saturated heterocycles. The molecule has 1 aliphatic rings. The highest BCUT2D eigenvalue weighted by atomic mass is 19.1. The van der Waals surface area contributed by atoms with Crippen molar-refractivity contribution >= 4 is 11.0 Å². The summed E-state index contributed by atoms with van der Waals surface area (Å²) in [5.74, 6) is -0.302. The summed E-state index contributed by atoms with van der Waals surface area (Å²) >= 11 is 0. The number of fused-ring (bicyclic) bond motifs is 1. The summed E-state index contributed by atoms with van der Waals surface area (Å²) in [4.78, 5) is 15.2.